The highest BCUT2D eigenvalue weighted by Crippen LogP contribution is 2.30. The van der Waals surface area contributed by atoms with Crippen LogP contribution in [0.15, 0.2) is 83.9 Å². The third-order valence-corrected chi connectivity index (χ3v) is 5.74. The summed E-state index contributed by atoms with van der Waals surface area (Å²) < 4.78 is 1.41. The Labute approximate surface area is 200 Å². The Balaban J connectivity index is 1.23. The Morgan fingerprint density at radius 2 is 1.69 bits per heavy atom. The van der Waals surface area contributed by atoms with E-state index in [0.29, 0.717) is 33.5 Å². The van der Waals surface area contributed by atoms with Crippen LogP contribution in [0.25, 0.3) is 10.9 Å². The number of para-hydroxylation sites is 3. The van der Waals surface area contributed by atoms with Crippen LogP contribution in [0.5, 0.6) is 0 Å². The number of anilines is 3. The zero-order chi connectivity index (χ0) is 24.4. The van der Waals surface area contributed by atoms with Gasteiger partial charge in [-0.05, 0) is 48.5 Å². The average Bonchev–Trinajstić information content (AvgIpc) is 2.88. The minimum absolute atomic E-state index is 0.0721. The smallest absolute Gasteiger partial charge is 0.261 e. The Hall–Kier alpha value is -4.79. The summed E-state index contributed by atoms with van der Waals surface area (Å²) in [7, 11) is 0. The first kappa shape index (κ1) is 22.0. The highest BCUT2D eigenvalue weighted by molar-refractivity contribution is 6.15. The number of aromatic nitrogens is 2. The summed E-state index contributed by atoms with van der Waals surface area (Å²) in [4.78, 5) is 55.7. The van der Waals surface area contributed by atoms with Crippen LogP contribution in [-0.4, -0.2) is 33.8 Å². The lowest BCUT2D eigenvalue weighted by Crippen LogP contribution is -2.42. The number of amides is 3. The largest absolute Gasteiger partial charge is 0.326 e. The van der Waals surface area contributed by atoms with Gasteiger partial charge in [-0.2, -0.15) is 0 Å². The molecule has 1 aliphatic heterocycles. The number of rotatable bonds is 5. The molecular weight excluding hydrogens is 446 g/mol. The summed E-state index contributed by atoms with van der Waals surface area (Å²) in [5.74, 6) is -0.847. The van der Waals surface area contributed by atoms with Crippen LogP contribution in [0.1, 0.15) is 16.8 Å². The highest BCUT2D eigenvalue weighted by atomic mass is 16.2. The Morgan fingerprint density at radius 3 is 2.51 bits per heavy atom. The zero-order valence-electron chi connectivity index (χ0n) is 18.6. The minimum atomic E-state index is -0.312. The fraction of sp³-hybridized carbons (Fsp3) is 0.115. The van der Waals surface area contributed by atoms with Crippen molar-refractivity contribution in [3.8, 4) is 0 Å². The molecule has 1 aromatic heterocycles. The maximum Gasteiger partial charge on any atom is 0.261 e. The molecule has 9 heteroatoms. The molecule has 0 bridgehead atoms. The molecule has 0 unspecified atom stereocenters. The number of carbonyl (C=O) groups is 3. The maximum atomic E-state index is 13.0. The molecule has 0 aliphatic carbocycles. The molecule has 0 radical (unpaired) electrons. The molecule has 0 saturated heterocycles. The van der Waals surface area contributed by atoms with Crippen molar-refractivity contribution in [3.05, 3.63) is 95.0 Å². The van der Waals surface area contributed by atoms with Gasteiger partial charge >= 0.3 is 0 Å². The SMILES string of the molecule is O=C(CCn1cnc2ccccc2c1=O)Nc1ccc(C(=O)N2CC(=O)Nc3ccccc32)cc1. The van der Waals surface area contributed by atoms with Gasteiger partial charge in [0.25, 0.3) is 11.5 Å². The molecule has 3 aromatic carbocycles. The van der Waals surface area contributed by atoms with Gasteiger partial charge in [0, 0.05) is 24.2 Å². The van der Waals surface area contributed by atoms with E-state index in [-0.39, 0.29) is 42.8 Å². The summed E-state index contributed by atoms with van der Waals surface area (Å²) in [6, 6.07) is 20.6. The van der Waals surface area contributed by atoms with Gasteiger partial charge < -0.3 is 10.6 Å². The Bertz CT molecular complexity index is 1510. The quantitative estimate of drug-likeness (QED) is 0.468. The maximum absolute atomic E-state index is 13.0. The average molecular weight is 467 g/mol. The molecule has 2 heterocycles. The van der Waals surface area contributed by atoms with Crippen LogP contribution in [0, 0.1) is 0 Å². The monoisotopic (exact) mass is 467 g/mol. The lowest BCUT2D eigenvalue weighted by molar-refractivity contribution is -0.116. The molecule has 9 nitrogen and oxygen atoms in total. The highest BCUT2D eigenvalue weighted by Gasteiger charge is 2.27. The van der Waals surface area contributed by atoms with Crippen LogP contribution < -0.4 is 21.1 Å². The Kier molecular flexibility index (Phi) is 5.80. The van der Waals surface area contributed by atoms with Gasteiger partial charge in [0.05, 0.1) is 28.6 Å². The number of hydrogen-bond acceptors (Lipinski definition) is 5. The summed E-state index contributed by atoms with van der Waals surface area (Å²) in [6.45, 7) is 0.118. The molecule has 2 N–H and O–H groups in total. The summed E-state index contributed by atoms with van der Waals surface area (Å²) in [5.41, 5.74) is 2.55. The van der Waals surface area contributed by atoms with Gasteiger partial charge in [-0.25, -0.2) is 4.98 Å². The van der Waals surface area contributed by atoms with Crippen molar-refractivity contribution in [2.45, 2.75) is 13.0 Å². The van der Waals surface area contributed by atoms with Crippen molar-refractivity contribution in [1.82, 2.24) is 9.55 Å². The van der Waals surface area contributed by atoms with Crippen molar-refractivity contribution in [1.29, 1.82) is 0 Å². The van der Waals surface area contributed by atoms with Gasteiger partial charge in [0.15, 0.2) is 0 Å². The van der Waals surface area contributed by atoms with E-state index in [0.717, 1.165) is 0 Å². The normalized spacial score (nSPS) is 12.7. The van der Waals surface area contributed by atoms with E-state index in [4.69, 9.17) is 0 Å². The van der Waals surface area contributed by atoms with Crippen molar-refractivity contribution >= 4 is 45.7 Å². The summed E-state index contributed by atoms with van der Waals surface area (Å²) in [5, 5.41) is 6.03. The molecule has 0 saturated carbocycles. The predicted molar refractivity (Wildman–Crippen MR) is 132 cm³/mol. The molecule has 5 rings (SSSR count). The van der Waals surface area contributed by atoms with Crippen LogP contribution >= 0.6 is 0 Å². The van der Waals surface area contributed by atoms with Crippen molar-refractivity contribution in [3.63, 3.8) is 0 Å². The van der Waals surface area contributed by atoms with E-state index in [1.54, 1.807) is 66.7 Å². The summed E-state index contributed by atoms with van der Waals surface area (Å²) >= 11 is 0. The molecule has 174 valence electrons. The van der Waals surface area contributed by atoms with E-state index in [9.17, 15) is 19.2 Å². The second-order valence-corrected chi connectivity index (χ2v) is 8.09. The number of fused-ring (bicyclic) bond motifs is 2. The van der Waals surface area contributed by atoms with E-state index in [1.807, 2.05) is 6.07 Å². The van der Waals surface area contributed by atoms with Gasteiger partial charge in [0.2, 0.25) is 11.8 Å². The Morgan fingerprint density at radius 1 is 0.943 bits per heavy atom. The van der Waals surface area contributed by atoms with Crippen molar-refractivity contribution in [2.75, 3.05) is 22.1 Å². The lowest BCUT2D eigenvalue weighted by Gasteiger charge is -2.29. The first-order chi connectivity index (χ1) is 17.0. The number of nitrogens with one attached hydrogen (secondary N) is 2. The second-order valence-electron chi connectivity index (χ2n) is 8.09. The second kappa shape index (κ2) is 9.22. The zero-order valence-corrected chi connectivity index (χ0v) is 18.6. The van der Waals surface area contributed by atoms with Gasteiger partial charge in [-0.1, -0.05) is 24.3 Å². The molecular formula is C26H21N5O4. The van der Waals surface area contributed by atoms with Crippen LogP contribution in [-0.2, 0) is 16.1 Å². The van der Waals surface area contributed by atoms with E-state index < -0.39 is 0 Å². The number of benzene rings is 3. The van der Waals surface area contributed by atoms with E-state index in [1.165, 1.54) is 15.8 Å². The van der Waals surface area contributed by atoms with Gasteiger partial charge in [0.1, 0.15) is 6.54 Å². The van der Waals surface area contributed by atoms with E-state index in [2.05, 4.69) is 15.6 Å². The van der Waals surface area contributed by atoms with Crippen molar-refractivity contribution < 1.29 is 14.4 Å². The standard InChI is InChI=1S/C26H21N5O4/c32-23(13-14-30-16-27-20-6-2-1-5-19(20)26(30)35)28-18-11-9-17(10-12-18)25(34)31-15-24(33)29-21-7-3-4-8-22(21)31/h1-12,16H,13-15H2,(H,28,32)(H,29,33). The van der Waals surface area contributed by atoms with Crippen LogP contribution in [0.4, 0.5) is 17.1 Å². The van der Waals surface area contributed by atoms with Gasteiger partial charge in [-0.3, -0.25) is 28.6 Å². The first-order valence-electron chi connectivity index (χ1n) is 11.0. The predicted octanol–water partition coefficient (Wildman–Crippen LogP) is 3.02. The third kappa shape index (κ3) is 4.51. The fourth-order valence-electron chi connectivity index (χ4n) is 3.98. The molecule has 0 atom stereocenters. The number of carbonyl (C=O) groups excluding carboxylic acids is 3. The first-order valence-corrected chi connectivity index (χ1v) is 11.0. The van der Waals surface area contributed by atoms with Gasteiger partial charge in [-0.15, -0.1) is 0 Å². The summed E-state index contributed by atoms with van der Waals surface area (Å²) in [6.07, 6.45) is 1.53. The van der Waals surface area contributed by atoms with Crippen LogP contribution in [0.3, 0.4) is 0 Å². The topological polar surface area (TPSA) is 113 Å². The molecule has 1 aliphatic rings. The molecule has 0 spiro atoms. The molecule has 3 amide bonds. The molecule has 35 heavy (non-hydrogen) atoms. The van der Waals surface area contributed by atoms with Crippen LogP contribution in [0.2, 0.25) is 0 Å². The third-order valence-electron chi connectivity index (χ3n) is 5.74. The van der Waals surface area contributed by atoms with E-state index >= 15 is 0 Å². The lowest BCUT2D eigenvalue weighted by atomic mass is 10.1. The number of hydrogen-bond donors (Lipinski definition) is 2. The fourth-order valence-corrected chi connectivity index (χ4v) is 3.98. The molecule has 0 fully saturated rings. The number of nitrogens with zero attached hydrogens (tertiary/aromatic N) is 3. The number of aryl methyl sites for hydroxylation is 1. The molecule has 4 aromatic rings. The van der Waals surface area contributed by atoms with Crippen molar-refractivity contribution in [2.24, 2.45) is 0 Å². The minimum Gasteiger partial charge on any atom is -0.326 e.